The molecule has 0 spiro atoms. The molecule has 1 unspecified atom stereocenters. The van der Waals surface area contributed by atoms with Gasteiger partial charge in [0.1, 0.15) is 12.6 Å². The number of aliphatic hydroxyl groups is 1. The lowest BCUT2D eigenvalue weighted by molar-refractivity contribution is -0.131. The first-order valence-corrected chi connectivity index (χ1v) is 19.3. The van der Waals surface area contributed by atoms with E-state index in [0.717, 1.165) is 37.7 Å². The molecule has 1 aliphatic rings. The summed E-state index contributed by atoms with van der Waals surface area (Å²) in [6, 6.07) is 12.1. The summed E-state index contributed by atoms with van der Waals surface area (Å²) < 4.78 is 29.9. The highest BCUT2D eigenvalue weighted by Crippen LogP contribution is 2.53. The van der Waals surface area contributed by atoms with Crippen molar-refractivity contribution in [3.63, 3.8) is 0 Å². The minimum absolute atomic E-state index is 0.00824. The second-order valence-corrected chi connectivity index (χ2v) is 15.3. The SMILES string of the molecule is CCOP(=O)(OCC)C(O)[C@H](CCC(=O)N(C)CCc1ccc(Cl)cc1)NC(=O)[C@@H](CC1CCCCC1)NC(=O)OCc1cccc(Cl)c1. The van der Waals surface area contributed by atoms with E-state index < -0.39 is 37.5 Å². The lowest BCUT2D eigenvalue weighted by atomic mass is 9.84. The maximum absolute atomic E-state index is 13.9. The largest absolute Gasteiger partial charge is 0.445 e. The van der Waals surface area contributed by atoms with Crippen LogP contribution < -0.4 is 10.6 Å². The number of nitrogens with one attached hydrogen (secondary N) is 2. The Kier molecular flexibility index (Phi) is 17.4. The van der Waals surface area contributed by atoms with Crippen LogP contribution in [0.4, 0.5) is 4.79 Å². The van der Waals surface area contributed by atoms with Crippen molar-refractivity contribution < 1.29 is 37.8 Å². The van der Waals surface area contributed by atoms with Gasteiger partial charge in [0, 0.05) is 30.1 Å². The van der Waals surface area contributed by atoms with Gasteiger partial charge < -0.3 is 34.4 Å². The molecule has 3 atom stereocenters. The van der Waals surface area contributed by atoms with Crippen LogP contribution >= 0.6 is 30.8 Å². The summed E-state index contributed by atoms with van der Waals surface area (Å²) in [6.45, 7) is 3.60. The fourth-order valence-electron chi connectivity index (χ4n) is 5.84. The molecule has 3 amide bonds. The van der Waals surface area contributed by atoms with E-state index in [-0.39, 0.29) is 44.5 Å². The number of carbonyl (C=O) groups is 3. The Morgan fingerprint density at radius 2 is 1.63 bits per heavy atom. The monoisotopic (exact) mass is 741 g/mol. The van der Waals surface area contributed by atoms with E-state index in [1.165, 1.54) is 0 Å². The lowest BCUT2D eigenvalue weighted by Gasteiger charge is -2.32. The minimum Gasteiger partial charge on any atom is -0.445 e. The van der Waals surface area contributed by atoms with Gasteiger partial charge in [0.05, 0.1) is 19.3 Å². The van der Waals surface area contributed by atoms with E-state index in [1.807, 2.05) is 12.1 Å². The van der Waals surface area contributed by atoms with Crippen molar-refractivity contribution in [3.8, 4) is 0 Å². The normalized spacial score (nSPS) is 15.6. The Morgan fingerprint density at radius 3 is 2.27 bits per heavy atom. The van der Waals surface area contributed by atoms with Gasteiger partial charge in [-0.05, 0) is 74.4 Å². The maximum atomic E-state index is 13.9. The zero-order chi connectivity index (χ0) is 35.8. The summed E-state index contributed by atoms with van der Waals surface area (Å²) in [6.07, 6.45) is 5.03. The molecule has 0 radical (unpaired) electrons. The van der Waals surface area contributed by atoms with Crippen LogP contribution in [0, 0.1) is 5.92 Å². The maximum Gasteiger partial charge on any atom is 0.408 e. The summed E-state index contributed by atoms with van der Waals surface area (Å²) in [7, 11) is -2.45. The van der Waals surface area contributed by atoms with Gasteiger partial charge in [0.2, 0.25) is 11.8 Å². The van der Waals surface area contributed by atoms with Crippen molar-refractivity contribution in [1.82, 2.24) is 15.5 Å². The number of alkyl carbamates (subject to hydrolysis) is 1. The predicted octanol–water partition coefficient (Wildman–Crippen LogP) is 7.11. The highest BCUT2D eigenvalue weighted by molar-refractivity contribution is 7.54. The van der Waals surface area contributed by atoms with Crippen LogP contribution in [0.25, 0.3) is 0 Å². The van der Waals surface area contributed by atoms with Gasteiger partial charge in [0.25, 0.3) is 0 Å². The fourth-order valence-corrected chi connectivity index (χ4v) is 7.94. The molecule has 49 heavy (non-hydrogen) atoms. The number of hydrogen-bond acceptors (Lipinski definition) is 8. The molecule has 3 rings (SSSR count). The molecule has 11 nitrogen and oxygen atoms in total. The average Bonchev–Trinajstić information content (AvgIpc) is 3.08. The first kappa shape index (κ1) is 40.8. The Balaban J connectivity index is 1.74. The second-order valence-electron chi connectivity index (χ2n) is 12.3. The molecule has 14 heteroatoms. The minimum atomic E-state index is -4.12. The van der Waals surface area contributed by atoms with Gasteiger partial charge >= 0.3 is 13.7 Å². The number of nitrogens with zero attached hydrogens (tertiary/aromatic N) is 1. The molecule has 1 fully saturated rings. The molecule has 0 aliphatic heterocycles. The Morgan fingerprint density at radius 1 is 0.959 bits per heavy atom. The highest BCUT2D eigenvalue weighted by atomic mass is 35.5. The Hall–Kier alpha value is -2.66. The quantitative estimate of drug-likeness (QED) is 0.129. The first-order chi connectivity index (χ1) is 23.4. The van der Waals surface area contributed by atoms with E-state index >= 15 is 0 Å². The van der Waals surface area contributed by atoms with Crippen LogP contribution in [0.3, 0.4) is 0 Å². The van der Waals surface area contributed by atoms with Crippen LogP contribution in [0.15, 0.2) is 48.5 Å². The van der Waals surface area contributed by atoms with Crippen molar-refractivity contribution in [3.05, 3.63) is 69.7 Å². The van der Waals surface area contributed by atoms with Crippen LogP contribution in [0.1, 0.15) is 76.3 Å². The van der Waals surface area contributed by atoms with E-state index in [4.69, 9.17) is 37.0 Å². The van der Waals surface area contributed by atoms with E-state index in [9.17, 15) is 24.1 Å². The Bertz CT molecular complexity index is 1380. The van der Waals surface area contributed by atoms with Crippen molar-refractivity contribution in [1.29, 1.82) is 0 Å². The standard InChI is InChI=1S/C35H50Cl2N3O8P/c1-4-47-49(45,48-5-2)34(43)30(18-19-32(41)40(3)21-20-25-14-16-28(36)17-15-25)38-33(42)31(23-26-10-7-6-8-11-26)39-35(44)46-24-27-12-9-13-29(37)22-27/h9,12-17,22,26,30-31,34,43H,4-8,10-11,18-21,23-24H2,1-3H3,(H,38,42)(H,39,44)/t30-,31+,34?/m0/s1. The summed E-state index contributed by atoms with van der Waals surface area (Å²) in [5.41, 5.74) is 1.70. The van der Waals surface area contributed by atoms with Crippen LogP contribution in [0.5, 0.6) is 0 Å². The number of benzene rings is 2. The number of amides is 3. The number of aliphatic hydroxyl groups excluding tert-OH is 1. The van der Waals surface area contributed by atoms with Gasteiger partial charge in [-0.3, -0.25) is 14.2 Å². The molecular formula is C35H50Cl2N3O8P. The molecule has 0 aromatic heterocycles. The second kappa shape index (κ2) is 20.9. The van der Waals surface area contributed by atoms with Crippen LogP contribution in [0.2, 0.25) is 10.0 Å². The number of rotatable bonds is 19. The average molecular weight is 743 g/mol. The number of hydrogen-bond donors (Lipinski definition) is 3. The van der Waals surface area contributed by atoms with E-state index in [2.05, 4.69) is 10.6 Å². The Labute approximate surface area is 299 Å². The number of carbonyl (C=O) groups excluding carboxylic acids is 3. The van der Waals surface area contributed by atoms with Gasteiger partial charge in [-0.2, -0.15) is 0 Å². The van der Waals surface area contributed by atoms with Gasteiger partial charge in [0.15, 0.2) is 5.85 Å². The molecule has 1 saturated carbocycles. The van der Waals surface area contributed by atoms with E-state index in [0.29, 0.717) is 35.0 Å². The zero-order valence-electron chi connectivity index (χ0n) is 28.6. The molecule has 2 aromatic rings. The molecule has 0 bridgehead atoms. The molecule has 3 N–H and O–H groups in total. The molecule has 0 heterocycles. The lowest BCUT2D eigenvalue weighted by Crippen LogP contribution is -2.53. The van der Waals surface area contributed by atoms with Crippen molar-refractivity contribution in [2.45, 2.75) is 96.2 Å². The van der Waals surface area contributed by atoms with Gasteiger partial charge in [-0.1, -0.05) is 79.6 Å². The molecule has 272 valence electrons. The zero-order valence-corrected chi connectivity index (χ0v) is 31.0. The van der Waals surface area contributed by atoms with Gasteiger partial charge in [-0.25, -0.2) is 4.79 Å². The summed E-state index contributed by atoms with van der Waals surface area (Å²) in [5, 5.41) is 18.0. The number of halogens is 2. The third-order valence-electron chi connectivity index (χ3n) is 8.54. The van der Waals surface area contributed by atoms with E-state index in [1.54, 1.807) is 62.2 Å². The number of ether oxygens (including phenoxy) is 1. The summed E-state index contributed by atoms with van der Waals surface area (Å²) in [4.78, 5) is 41.6. The third kappa shape index (κ3) is 13.9. The van der Waals surface area contributed by atoms with Gasteiger partial charge in [-0.15, -0.1) is 0 Å². The summed E-state index contributed by atoms with van der Waals surface area (Å²) in [5.74, 6) is -2.41. The van der Waals surface area contributed by atoms with Crippen molar-refractivity contribution in [2.24, 2.45) is 5.92 Å². The number of likely N-dealkylation sites (N-methyl/N-ethyl adjacent to an activating group) is 1. The van der Waals surface area contributed by atoms with Crippen molar-refractivity contribution in [2.75, 3.05) is 26.8 Å². The van der Waals surface area contributed by atoms with Crippen LogP contribution in [-0.4, -0.2) is 72.6 Å². The molecular weight excluding hydrogens is 692 g/mol. The van der Waals surface area contributed by atoms with Crippen LogP contribution in [-0.2, 0) is 41.0 Å². The summed E-state index contributed by atoms with van der Waals surface area (Å²) >= 11 is 12.0. The first-order valence-electron chi connectivity index (χ1n) is 17.0. The van der Waals surface area contributed by atoms with Crippen molar-refractivity contribution >= 4 is 48.7 Å². The smallest absolute Gasteiger partial charge is 0.408 e. The third-order valence-corrected chi connectivity index (χ3v) is 11.3. The highest BCUT2D eigenvalue weighted by Gasteiger charge is 2.42. The predicted molar refractivity (Wildman–Crippen MR) is 191 cm³/mol. The molecule has 2 aromatic carbocycles. The molecule has 0 saturated heterocycles. The topological polar surface area (TPSA) is 144 Å². The fraction of sp³-hybridized carbons (Fsp3) is 0.571. The molecule has 1 aliphatic carbocycles.